The number of carbonyl (C=O) groups excluding carboxylic acids is 2. The van der Waals surface area contributed by atoms with Gasteiger partial charge in [-0.1, -0.05) is 12.8 Å². The molecular formula is C12H20N2O3. The molecule has 1 saturated heterocycles. The molecule has 0 radical (unpaired) electrons. The van der Waals surface area contributed by atoms with E-state index >= 15 is 0 Å². The van der Waals surface area contributed by atoms with Gasteiger partial charge in [-0.3, -0.25) is 4.79 Å². The first-order valence-corrected chi connectivity index (χ1v) is 6.36. The summed E-state index contributed by atoms with van der Waals surface area (Å²) in [6.07, 6.45) is 4.74. The molecule has 2 amide bonds. The molecule has 1 saturated carbocycles. The second-order valence-corrected chi connectivity index (χ2v) is 4.95. The lowest BCUT2D eigenvalue weighted by atomic mass is 10.1. The monoisotopic (exact) mass is 240 g/mol. The molecule has 1 aliphatic heterocycles. The molecule has 96 valence electrons. The fraction of sp³-hybridized carbons (Fsp3) is 0.833. The topological polar surface area (TPSA) is 58.6 Å². The zero-order valence-electron chi connectivity index (χ0n) is 10.3. The average molecular weight is 240 g/mol. The number of cyclic esters (lactones) is 1. The van der Waals surface area contributed by atoms with Crippen molar-refractivity contribution in [2.24, 2.45) is 5.92 Å². The number of nitrogens with zero attached hydrogens (tertiary/aromatic N) is 1. The van der Waals surface area contributed by atoms with Gasteiger partial charge in [0.05, 0.1) is 6.54 Å². The van der Waals surface area contributed by atoms with Crippen molar-refractivity contribution in [3.63, 3.8) is 0 Å². The van der Waals surface area contributed by atoms with Crippen LogP contribution >= 0.6 is 0 Å². The van der Waals surface area contributed by atoms with Gasteiger partial charge in [0.25, 0.3) is 0 Å². The summed E-state index contributed by atoms with van der Waals surface area (Å²) in [5.74, 6) is 0.379. The second-order valence-electron chi connectivity index (χ2n) is 4.95. The lowest BCUT2D eigenvalue weighted by Gasteiger charge is -2.12. The summed E-state index contributed by atoms with van der Waals surface area (Å²) >= 11 is 0. The Labute approximate surface area is 101 Å². The molecule has 1 atom stereocenters. The molecule has 5 heteroatoms. The van der Waals surface area contributed by atoms with Gasteiger partial charge in [0.2, 0.25) is 5.91 Å². The molecule has 0 aromatic heterocycles. The maximum Gasteiger partial charge on any atom is 0.409 e. The van der Waals surface area contributed by atoms with Crippen LogP contribution in [0.15, 0.2) is 0 Å². The minimum absolute atomic E-state index is 0.0728. The Morgan fingerprint density at radius 1 is 1.47 bits per heavy atom. The maximum absolute atomic E-state index is 11.7. The van der Waals surface area contributed by atoms with Crippen LogP contribution in [0.3, 0.4) is 0 Å². The Bertz CT molecular complexity index is 300. The lowest BCUT2D eigenvalue weighted by molar-refractivity contribution is -0.124. The number of hydrogen-bond donors (Lipinski definition) is 1. The maximum atomic E-state index is 11.7. The first-order valence-electron chi connectivity index (χ1n) is 6.36. The van der Waals surface area contributed by atoms with Crippen molar-refractivity contribution in [3.05, 3.63) is 0 Å². The number of amides is 2. The van der Waals surface area contributed by atoms with Gasteiger partial charge < -0.3 is 15.0 Å². The fourth-order valence-corrected chi connectivity index (χ4v) is 2.49. The zero-order valence-corrected chi connectivity index (χ0v) is 10.3. The molecule has 2 aliphatic rings. The van der Waals surface area contributed by atoms with E-state index in [2.05, 4.69) is 5.32 Å². The fourth-order valence-electron chi connectivity index (χ4n) is 2.49. The van der Waals surface area contributed by atoms with Crippen LogP contribution in [-0.4, -0.2) is 43.1 Å². The summed E-state index contributed by atoms with van der Waals surface area (Å²) in [4.78, 5) is 24.4. The van der Waals surface area contributed by atoms with E-state index in [4.69, 9.17) is 4.74 Å². The van der Waals surface area contributed by atoms with Crippen LogP contribution in [0.1, 0.15) is 32.1 Å². The number of carbonyl (C=O) groups is 2. The van der Waals surface area contributed by atoms with E-state index in [0.717, 1.165) is 12.8 Å². The number of likely N-dealkylation sites (N-methyl/N-ethyl adjacent to an activating group) is 1. The molecule has 1 unspecified atom stereocenters. The summed E-state index contributed by atoms with van der Waals surface area (Å²) in [6.45, 7) is 1.22. The number of hydrogen-bond acceptors (Lipinski definition) is 3. The van der Waals surface area contributed by atoms with Gasteiger partial charge in [-0.05, 0) is 12.8 Å². The third-order valence-corrected chi connectivity index (χ3v) is 3.55. The third-order valence-electron chi connectivity index (χ3n) is 3.55. The first-order chi connectivity index (χ1) is 8.16. The van der Waals surface area contributed by atoms with Crippen LogP contribution in [-0.2, 0) is 9.53 Å². The highest BCUT2D eigenvalue weighted by atomic mass is 16.6. The third kappa shape index (κ3) is 3.11. The molecule has 0 bridgehead atoms. The van der Waals surface area contributed by atoms with Gasteiger partial charge in [0.1, 0.15) is 6.10 Å². The largest absolute Gasteiger partial charge is 0.444 e. The standard InChI is InChI=1S/C12H20N2O3/c1-14-8-10(17-12(14)16)6-7-13-11(15)9-4-2-3-5-9/h9-10H,2-8H2,1H3,(H,13,15). The summed E-state index contributed by atoms with van der Waals surface area (Å²) in [6, 6.07) is 0. The van der Waals surface area contributed by atoms with Gasteiger partial charge in [0, 0.05) is 25.9 Å². The van der Waals surface area contributed by atoms with E-state index in [1.54, 1.807) is 11.9 Å². The predicted octanol–water partition coefficient (Wildman–Crippen LogP) is 1.13. The van der Waals surface area contributed by atoms with Crippen molar-refractivity contribution in [1.29, 1.82) is 0 Å². The minimum Gasteiger partial charge on any atom is -0.444 e. The van der Waals surface area contributed by atoms with Crippen LogP contribution in [0.2, 0.25) is 0 Å². The Kier molecular flexibility index (Phi) is 3.86. The molecule has 2 fully saturated rings. The van der Waals surface area contributed by atoms with Gasteiger partial charge in [-0.25, -0.2) is 4.79 Å². The van der Waals surface area contributed by atoms with Crippen LogP contribution < -0.4 is 5.32 Å². The van der Waals surface area contributed by atoms with Crippen molar-refractivity contribution < 1.29 is 14.3 Å². The SMILES string of the molecule is CN1CC(CCNC(=O)C2CCCC2)OC1=O. The van der Waals surface area contributed by atoms with Gasteiger partial charge in [-0.15, -0.1) is 0 Å². The normalized spacial score (nSPS) is 25.1. The van der Waals surface area contributed by atoms with Gasteiger partial charge in [0.15, 0.2) is 0 Å². The van der Waals surface area contributed by atoms with Gasteiger partial charge >= 0.3 is 6.09 Å². The van der Waals surface area contributed by atoms with Crippen molar-refractivity contribution >= 4 is 12.0 Å². The van der Waals surface area contributed by atoms with Crippen LogP contribution in [0, 0.1) is 5.92 Å². The van der Waals surface area contributed by atoms with Crippen molar-refractivity contribution in [3.8, 4) is 0 Å². The molecule has 0 aromatic carbocycles. The predicted molar refractivity (Wildman–Crippen MR) is 62.5 cm³/mol. The first kappa shape index (κ1) is 12.2. The molecule has 1 N–H and O–H groups in total. The van der Waals surface area contributed by atoms with E-state index in [9.17, 15) is 9.59 Å². The lowest BCUT2D eigenvalue weighted by Crippen LogP contribution is -2.32. The quantitative estimate of drug-likeness (QED) is 0.801. The summed E-state index contributed by atoms with van der Waals surface area (Å²) in [7, 11) is 1.72. The highest BCUT2D eigenvalue weighted by molar-refractivity contribution is 5.78. The second kappa shape index (κ2) is 5.38. The van der Waals surface area contributed by atoms with Gasteiger partial charge in [-0.2, -0.15) is 0 Å². The van der Waals surface area contributed by atoms with E-state index in [1.165, 1.54) is 12.8 Å². The van der Waals surface area contributed by atoms with E-state index in [-0.39, 0.29) is 24.0 Å². The Morgan fingerprint density at radius 2 is 2.18 bits per heavy atom. The summed E-state index contributed by atoms with van der Waals surface area (Å²) in [5.41, 5.74) is 0. The Morgan fingerprint density at radius 3 is 2.76 bits per heavy atom. The smallest absolute Gasteiger partial charge is 0.409 e. The van der Waals surface area contributed by atoms with E-state index in [1.807, 2.05) is 0 Å². The molecule has 0 aromatic rings. The van der Waals surface area contributed by atoms with Crippen molar-refractivity contribution in [2.75, 3.05) is 20.1 Å². The molecule has 17 heavy (non-hydrogen) atoms. The van der Waals surface area contributed by atoms with E-state index in [0.29, 0.717) is 19.5 Å². The summed E-state index contributed by atoms with van der Waals surface area (Å²) < 4.78 is 5.12. The van der Waals surface area contributed by atoms with Crippen molar-refractivity contribution in [1.82, 2.24) is 10.2 Å². The van der Waals surface area contributed by atoms with Crippen LogP contribution in [0.5, 0.6) is 0 Å². The highest BCUT2D eigenvalue weighted by Gasteiger charge is 2.28. The Balaban J connectivity index is 1.63. The number of ether oxygens (including phenoxy) is 1. The molecule has 5 nitrogen and oxygen atoms in total. The number of rotatable bonds is 4. The van der Waals surface area contributed by atoms with Crippen LogP contribution in [0.4, 0.5) is 4.79 Å². The molecular weight excluding hydrogens is 220 g/mol. The molecule has 2 rings (SSSR count). The Hall–Kier alpha value is -1.26. The minimum atomic E-state index is -0.267. The average Bonchev–Trinajstić information content (AvgIpc) is 2.90. The molecule has 1 aliphatic carbocycles. The molecule has 0 spiro atoms. The highest BCUT2D eigenvalue weighted by Crippen LogP contribution is 2.24. The summed E-state index contributed by atoms with van der Waals surface area (Å²) in [5, 5.41) is 2.93. The molecule has 1 heterocycles. The number of nitrogens with one attached hydrogen (secondary N) is 1. The van der Waals surface area contributed by atoms with E-state index < -0.39 is 0 Å². The van der Waals surface area contributed by atoms with Crippen molar-refractivity contribution in [2.45, 2.75) is 38.2 Å². The van der Waals surface area contributed by atoms with Crippen LogP contribution in [0.25, 0.3) is 0 Å². The zero-order chi connectivity index (χ0) is 12.3.